The molecule has 0 radical (unpaired) electrons. The predicted octanol–water partition coefficient (Wildman–Crippen LogP) is 4.34. The van der Waals surface area contributed by atoms with E-state index in [0.29, 0.717) is 5.95 Å². The Balaban J connectivity index is 1.52. The van der Waals surface area contributed by atoms with E-state index in [1.807, 2.05) is 56.3 Å². The molecule has 1 aliphatic heterocycles. The lowest BCUT2D eigenvalue weighted by atomic mass is 9.76. The SMILES string of the molecule is Cc1cc(Nc2ncn(-c3ccccc3)n2)cc(N2CCCC([C@](C)(O)C(C)C)C2)n1. The first-order chi connectivity index (χ1) is 14.8. The molecule has 0 aliphatic carbocycles. The summed E-state index contributed by atoms with van der Waals surface area (Å²) in [5.41, 5.74) is 2.12. The van der Waals surface area contributed by atoms with E-state index in [4.69, 9.17) is 4.98 Å². The molecule has 0 saturated carbocycles. The van der Waals surface area contributed by atoms with E-state index in [1.165, 1.54) is 0 Å². The predicted molar refractivity (Wildman–Crippen MR) is 124 cm³/mol. The second-order valence-electron chi connectivity index (χ2n) is 8.99. The maximum absolute atomic E-state index is 11.0. The molecule has 1 fully saturated rings. The third kappa shape index (κ3) is 4.71. The number of hydrogen-bond donors (Lipinski definition) is 2. The molecule has 7 nitrogen and oxygen atoms in total. The normalized spacial score (nSPS) is 18.8. The summed E-state index contributed by atoms with van der Waals surface area (Å²) in [5, 5.41) is 18.9. The van der Waals surface area contributed by atoms with Crippen molar-refractivity contribution in [3.05, 3.63) is 54.5 Å². The molecule has 0 amide bonds. The van der Waals surface area contributed by atoms with E-state index in [1.54, 1.807) is 11.0 Å². The number of nitrogens with one attached hydrogen (secondary N) is 1. The lowest BCUT2D eigenvalue weighted by Gasteiger charge is -2.43. The number of hydrogen-bond acceptors (Lipinski definition) is 6. The second-order valence-corrected chi connectivity index (χ2v) is 8.99. The molecular weight excluding hydrogens is 388 g/mol. The number of piperidine rings is 1. The van der Waals surface area contributed by atoms with E-state index >= 15 is 0 Å². The number of para-hydroxylation sites is 1. The van der Waals surface area contributed by atoms with Gasteiger partial charge in [-0.05, 0) is 50.8 Å². The van der Waals surface area contributed by atoms with Crippen molar-refractivity contribution in [1.29, 1.82) is 0 Å². The minimum absolute atomic E-state index is 0.214. The Morgan fingerprint density at radius 1 is 1.19 bits per heavy atom. The zero-order valence-electron chi connectivity index (χ0n) is 18.8. The summed E-state index contributed by atoms with van der Waals surface area (Å²) in [6.45, 7) is 9.90. The van der Waals surface area contributed by atoms with Crippen LogP contribution in [0.1, 0.15) is 39.3 Å². The van der Waals surface area contributed by atoms with Crippen molar-refractivity contribution in [3.63, 3.8) is 0 Å². The van der Waals surface area contributed by atoms with Gasteiger partial charge < -0.3 is 15.3 Å². The number of aromatic nitrogens is 4. The number of aliphatic hydroxyl groups is 1. The van der Waals surface area contributed by atoms with Crippen LogP contribution in [-0.2, 0) is 0 Å². The Kier molecular flexibility index (Phi) is 5.96. The first-order valence-electron chi connectivity index (χ1n) is 11.0. The highest BCUT2D eigenvalue weighted by Gasteiger charge is 2.37. The van der Waals surface area contributed by atoms with Gasteiger partial charge in [0.05, 0.1) is 11.3 Å². The van der Waals surface area contributed by atoms with Gasteiger partial charge in [-0.2, -0.15) is 4.98 Å². The quantitative estimate of drug-likeness (QED) is 0.618. The maximum Gasteiger partial charge on any atom is 0.246 e. The Labute approximate surface area is 184 Å². The van der Waals surface area contributed by atoms with Crippen LogP contribution in [0.15, 0.2) is 48.8 Å². The highest BCUT2D eigenvalue weighted by Crippen LogP contribution is 2.34. The third-order valence-corrected chi connectivity index (χ3v) is 6.45. The summed E-state index contributed by atoms with van der Waals surface area (Å²) in [6, 6.07) is 14.0. The molecule has 7 heteroatoms. The highest BCUT2D eigenvalue weighted by molar-refractivity contribution is 5.60. The zero-order chi connectivity index (χ0) is 22.0. The van der Waals surface area contributed by atoms with E-state index in [0.717, 1.165) is 48.8 Å². The van der Waals surface area contributed by atoms with E-state index in [2.05, 4.69) is 34.1 Å². The van der Waals surface area contributed by atoms with Crippen molar-refractivity contribution < 1.29 is 5.11 Å². The van der Waals surface area contributed by atoms with Gasteiger partial charge in [0, 0.05) is 36.5 Å². The van der Waals surface area contributed by atoms with Gasteiger partial charge in [-0.1, -0.05) is 32.0 Å². The van der Waals surface area contributed by atoms with Gasteiger partial charge in [0.2, 0.25) is 5.95 Å². The molecule has 1 aromatic carbocycles. The smallest absolute Gasteiger partial charge is 0.246 e. The number of benzene rings is 1. The summed E-state index contributed by atoms with van der Waals surface area (Å²) in [5.74, 6) is 1.91. The topological polar surface area (TPSA) is 79.1 Å². The van der Waals surface area contributed by atoms with Gasteiger partial charge in [0.1, 0.15) is 12.1 Å². The summed E-state index contributed by atoms with van der Waals surface area (Å²) < 4.78 is 1.75. The summed E-state index contributed by atoms with van der Waals surface area (Å²) >= 11 is 0. The molecular formula is C24H32N6O. The van der Waals surface area contributed by atoms with Crippen LogP contribution >= 0.6 is 0 Å². The van der Waals surface area contributed by atoms with Gasteiger partial charge >= 0.3 is 0 Å². The third-order valence-electron chi connectivity index (χ3n) is 6.45. The first-order valence-corrected chi connectivity index (χ1v) is 11.0. The lowest BCUT2D eigenvalue weighted by Crippen LogP contribution is -2.49. The molecule has 1 unspecified atom stereocenters. The van der Waals surface area contributed by atoms with Crippen molar-refractivity contribution in [3.8, 4) is 5.69 Å². The van der Waals surface area contributed by atoms with Gasteiger partial charge in [-0.15, -0.1) is 5.10 Å². The Bertz CT molecular complexity index is 1010. The number of rotatable bonds is 6. The Morgan fingerprint density at radius 2 is 1.97 bits per heavy atom. The number of nitrogens with zero attached hydrogens (tertiary/aromatic N) is 5. The molecule has 2 N–H and O–H groups in total. The number of anilines is 3. The molecule has 1 saturated heterocycles. The molecule has 164 valence electrons. The molecule has 0 spiro atoms. The molecule has 0 bridgehead atoms. The molecule has 31 heavy (non-hydrogen) atoms. The van der Waals surface area contributed by atoms with Crippen molar-refractivity contribution in [2.45, 2.75) is 46.1 Å². The van der Waals surface area contributed by atoms with Crippen LogP contribution in [0, 0.1) is 18.8 Å². The summed E-state index contributed by atoms with van der Waals surface area (Å²) in [7, 11) is 0. The van der Waals surface area contributed by atoms with Crippen LogP contribution in [0.5, 0.6) is 0 Å². The van der Waals surface area contributed by atoms with E-state index in [9.17, 15) is 5.11 Å². The van der Waals surface area contributed by atoms with E-state index in [-0.39, 0.29) is 11.8 Å². The molecule has 1 aliphatic rings. The standard InChI is InChI=1S/C24H32N6O/c1-17(2)24(4,31)19-9-8-12-29(15-19)22-14-20(13-18(3)26-22)27-23-25-16-30(28-23)21-10-6-5-7-11-21/h5-7,10-11,13-14,16-17,19,31H,8-9,12,15H2,1-4H3,(H,26,27,28)/t19?,24-/m1/s1. The molecule has 4 rings (SSSR count). The Hall–Kier alpha value is -2.93. The fourth-order valence-electron chi connectivity index (χ4n) is 4.17. The van der Waals surface area contributed by atoms with Crippen LogP contribution < -0.4 is 10.2 Å². The minimum atomic E-state index is -0.683. The average molecular weight is 421 g/mol. The number of aryl methyl sites for hydroxylation is 1. The van der Waals surface area contributed by atoms with Gasteiger partial charge in [-0.3, -0.25) is 0 Å². The zero-order valence-corrected chi connectivity index (χ0v) is 18.8. The number of pyridine rings is 1. The van der Waals surface area contributed by atoms with Crippen LogP contribution in [0.2, 0.25) is 0 Å². The summed E-state index contributed by atoms with van der Waals surface area (Å²) in [6.07, 6.45) is 3.80. The van der Waals surface area contributed by atoms with Crippen molar-refractivity contribution in [1.82, 2.24) is 19.7 Å². The van der Waals surface area contributed by atoms with Crippen LogP contribution in [0.3, 0.4) is 0 Å². The second kappa shape index (κ2) is 8.67. The maximum atomic E-state index is 11.0. The molecule has 3 heterocycles. The largest absolute Gasteiger partial charge is 0.390 e. The van der Waals surface area contributed by atoms with Crippen molar-refractivity contribution in [2.24, 2.45) is 11.8 Å². The van der Waals surface area contributed by atoms with E-state index < -0.39 is 5.60 Å². The molecule has 2 atom stereocenters. The Morgan fingerprint density at radius 3 is 2.71 bits per heavy atom. The van der Waals surface area contributed by atoms with Gasteiger partial charge in [0.25, 0.3) is 0 Å². The highest BCUT2D eigenvalue weighted by atomic mass is 16.3. The lowest BCUT2D eigenvalue weighted by molar-refractivity contribution is -0.0462. The van der Waals surface area contributed by atoms with Crippen molar-refractivity contribution >= 4 is 17.5 Å². The van der Waals surface area contributed by atoms with Crippen LogP contribution in [0.25, 0.3) is 5.69 Å². The molecule has 3 aromatic rings. The average Bonchev–Trinajstić information content (AvgIpc) is 3.22. The van der Waals surface area contributed by atoms with Gasteiger partial charge in [0.15, 0.2) is 0 Å². The fraction of sp³-hybridized carbons (Fsp3) is 0.458. The molecule has 2 aromatic heterocycles. The minimum Gasteiger partial charge on any atom is -0.390 e. The monoisotopic (exact) mass is 420 g/mol. The van der Waals surface area contributed by atoms with Crippen molar-refractivity contribution in [2.75, 3.05) is 23.3 Å². The van der Waals surface area contributed by atoms with Gasteiger partial charge in [-0.25, -0.2) is 9.67 Å². The first kappa shape index (κ1) is 21.3. The van der Waals surface area contributed by atoms with Crippen LogP contribution in [0.4, 0.5) is 17.5 Å². The summed E-state index contributed by atoms with van der Waals surface area (Å²) in [4.78, 5) is 11.5. The van der Waals surface area contributed by atoms with Crippen LogP contribution in [-0.4, -0.2) is 43.5 Å². The fourth-order valence-corrected chi connectivity index (χ4v) is 4.17.